The zero-order chi connectivity index (χ0) is 28.1. The van der Waals surface area contributed by atoms with Crippen molar-refractivity contribution in [2.75, 3.05) is 44.2 Å². The molecule has 0 radical (unpaired) electrons. The van der Waals surface area contributed by atoms with Gasteiger partial charge in [-0.05, 0) is 55.7 Å². The van der Waals surface area contributed by atoms with Gasteiger partial charge in [-0.15, -0.1) is 0 Å². The summed E-state index contributed by atoms with van der Waals surface area (Å²) in [5.41, 5.74) is 1.42. The third-order valence-corrected chi connectivity index (χ3v) is 8.58. The number of halogens is 4. The average molecular weight is 572 g/mol. The van der Waals surface area contributed by atoms with Crippen molar-refractivity contribution in [1.29, 1.82) is 0 Å². The topological polar surface area (TPSA) is 70.6 Å². The number of anilines is 1. The van der Waals surface area contributed by atoms with Gasteiger partial charge in [0, 0.05) is 44.3 Å². The Morgan fingerprint density at radius 2 is 1.90 bits per heavy atom. The minimum atomic E-state index is -4.56. The molecule has 40 heavy (non-hydrogen) atoms. The van der Waals surface area contributed by atoms with Crippen LogP contribution in [0.4, 0.5) is 18.9 Å². The van der Waals surface area contributed by atoms with E-state index in [-0.39, 0.29) is 22.7 Å². The van der Waals surface area contributed by atoms with Crippen molar-refractivity contribution in [1.82, 2.24) is 20.2 Å². The highest BCUT2D eigenvalue weighted by Gasteiger charge is 2.49. The molecule has 1 aromatic carbocycles. The number of benzene rings is 1. The van der Waals surface area contributed by atoms with Crippen molar-refractivity contribution in [2.24, 2.45) is 0 Å². The van der Waals surface area contributed by atoms with Gasteiger partial charge in [-0.3, -0.25) is 4.79 Å². The van der Waals surface area contributed by atoms with Crippen LogP contribution in [0, 0.1) is 0 Å². The molecule has 2 aromatic heterocycles. The largest absolute Gasteiger partial charge is 0.477 e. The van der Waals surface area contributed by atoms with Crippen molar-refractivity contribution in [2.45, 2.75) is 37.4 Å². The molecule has 1 amide bonds. The Bertz CT molecular complexity index is 1440. The highest BCUT2D eigenvalue weighted by atomic mass is 35.5. The third-order valence-electron chi connectivity index (χ3n) is 8.27. The molecule has 7 nitrogen and oxygen atoms in total. The molecule has 5 heterocycles. The van der Waals surface area contributed by atoms with Gasteiger partial charge in [0.1, 0.15) is 5.69 Å². The van der Waals surface area contributed by atoms with E-state index in [1.165, 1.54) is 12.1 Å². The Morgan fingerprint density at radius 1 is 1.12 bits per heavy atom. The van der Waals surface area contributed by atoms with Crippen molar-refractivity contribution in [3.05, 3.63) is 70.5 Å². The number of piperidine rings is 1. The molecule has 0 saturated carbocycles. The Kier molecular flexibility index (Phi) is 6.86. The number of fused-ring (bicyclic) bond motifs is 2. The van der Waals surface area contributed by atoms with E-state index < -0.39 is 17.2 Å². The smallest absolute Gasteiger partial charge is 0.419 e. The second kappa shape index (κ2) is 10.2. The van der Waals surface area contributed by atoms with Crippen molar-refractivity contribution in [3.8, 4) is 17.1 Å². The zero-order valence-electron chi connectivity index (χ0n) is 22.0. The summed E-state index contributed by atoms with van der Waals surface area (Å²) in [5.74, 6) is 0.332. The summed E-state index contributed by atoms with van der Waals surface area (Å²) in [7, 11) is 0. The first-order valence-electron chi connectivity index (χ1n) is 13.4. The molecule has 6 rings (SSSR count). The summed E-state index contributed by atoms with van der Waals surface area (Å²) in [6, 6.07) is 11.9. The number of rotatable bonds is 5. The van der Waals surface area contributed by atoms with Gasteiger partial charge < -0.3 is 19.9 Å². The van der Waals surface area contributed by atoms with Crippen LogP contribution in [0.3, 0.4) is 0 Å². The number of pyridine rings is 2. The maximum absolute atomic E-state index is 13.9. The predicted molar refractivity (Wildman–Crippen MR) is 146 cm³/mol. The monoisotopic (exact) mass is 571 g/mol. The minimum absolute atomic E-state index is 0.0585. The maximum Gasteiger partial charge on any atom is 0.419 e. The number of nitrogens with one attached hydrogen (secondary N) is 1. The van der Waals surface area contributed by atoms with Gasteiger partial charge in [0.2, 0.25) is 5.88 Å². The van der Waals surface area contributed by atoms with E-state index in [4.69, 9.17) is 21.3 Å². The number of carbonyl (C=O) groups excluding carboxylic acids is 1. The molecule has 3 aliphatic rings. The van der Waals surface area contributed by atoms with E-state index in [9.17, 15) is 18.0 Å². The van der Waals surface area contributed by atoms with E-state index in [2.05, 4.69) is 10.3 Å². The van der Waals surface area contributed by atoms with E-state index in [0.29, 0.717) is 75.0 Å². The first-order valence-corrected chi connectivity index (χ1v) is 13.8. The molecular formula is C29H29ClF3N5O2. The quantitative estimate of drug-likeness (QED) is 0.455. The minimum Gasteiger partial charge on any atom is -0.477 e. The van der Waals surface area contributed by atoms with Gasteiger partial charge in [-0.25, -0.2) is 9.97 Å². The Morgan fingerprint density at radius 3 is 2.58 bits per heavy atom. The number of amides is 1. The fourth-order valence-corrected chi connectivity index (χ4v) is 6.38. The molecule has 11 heteroatoms. The Balaban J connectivity index is 1.37. The molecular weight excluding hydrogens is 543 g/mol. The van der Waals surface area contributed by atoms with Crippen molar-refractivity contribution >= 4 is 23.2 Å². The van der Waals surface area contributed by atoms with Gasteiger partial charge in [0.15, 0.2) is 0 Å². The summed E-state index contributed by atoms with van der Waals surface area (Å²) < 4.78 is 47.4. The van der Waals surface area contributed by atoms with Crippen LogP contribution in [0.25, 0.3) is 11.3 Å². The molecule has 3 aromatic rings. The van der Waals surface area contributed by atoms with E-state index in [1.54, 1.807) is 23.2 Å². The normalized spacial score (nSPS) is 19.0. The molecule has 210 valence electrons. The summed E-state index contributed by atoms with van der Waals surface area (Å²) in [5, 5.41) is 2.94. The van der Waals surface area contributed by atoms with Gasteiger partial charge in [0.05, 0.1) is 40.2 Å². The lowest BCUT2D eigenvalue weighted by Gasteiger charge is -2.51. The Labute approximate surface area is 235 Å². The number of carbonyl (C=O) groups is 1. The van der Waals surface area contributed by atoms with E-state index >= 15 is 0 Å². The number of hydrogen-bond acceptors (Lipinski definition) is 6. The summed E-state index contributed by atoms with van der Waals surface area (Å²) in [6.45, 7) is 5.04. The van der Waals surface area contributed by atoms with E-state index in [1.807, 2.05) is 30.0 Å². The second-order valence-electron chi connectivity index (χ2n) is 10.5. The lowest BCUT2D eigenvalue weighted by molar-refractivity contribution is -0.137. The molecule has 2 fully saturated rings. The molecule has 0 aliphatic carbocycles. The highest BCUT2D eigenvalue weighted by molar-refractivity contribution is 6.31. The molecule has 0 bridgehead atoms. The van der Waals surface area contributed by atoms with Crippen molar-refractivity contribution in [3.63, 3.8) is 0 Å². The summed E-state index contributed by atoms with van der Waals surface area (Å²) in [6.07, 6.45) is -1.76. The molecule has 0 atom stereocenters. The molecule has 0 unspecified atom stereocenters. The summed E-state index contributed by atoms with van der Waals surface area (Å²) >= 11 is 6.01. The Hall–Kier alpha value is -3.37. The van der Waals surface area contributed by atoms with Crippen LogP contribution in [0.5, 0.6) is 5.88 Å². The lowest BCUT2D eigenvalue weighted by atomic mass is 9.69. The standard InChI is InChI=1S/C29H29ClF3N5O2/c1-2-40-26-19(5-4-12-35-26)22-9-8-20-25(36-22)27(39)38(18-15-34-16-18)17-28(20)10-13-37(14-11-28)23-7-3-6-21(30)24(23)29(31,32)33/h3-9,12,18,34H,2,10-11,13-17H2,1H3. The van der Waals surface area contributed by atoms with Crippen LogP contribution in [-0.4, -0.2) is 66.1 Å². The second-order valence-corrected chi connectivity index (χ2v) is 10.9. The van der Waals surface area contributed by atoms with Crippen LogP contribution >= 0.6 is 11.6 Å². The first-order chi connectivity index (χ1) is 19.2. The molecule has 1 spiro atoms. The van der Waals surface area contributed by atoms with Crippen molar-refractivity contribution < 1.29 is 22.7 Å². The fourth-order valence-electron chi connectivity index (χ4n) is 6.11. The van der Waals surface area contributed by atoms with Gasteiger partial charge >= 0.3 is 6.18 Å². The fraction of sp³-hybridized carbons (Fsp3) is 0.414. The number of aromatic nitrogens is 2. The molecule has 2 saturated heterocycles. The maximum atomic E-state index is 13.9. The van der Waals surface area contributed by atoms with Crippen LogP contribution in [0.15, 0.2) is 48.7 Å². The van der Waals surface area contributed by atoms with Gasteiger partial charge in [-0.2, -0.15) is 13.2 Å². The average Bonchev–Trinajstić information content (AvgIpc) is 2.90. The number of ether oxygens (including phenoxy) is 1. The molecule has 1 N–H and O–H groups in total. The van der Waals surface area contributed by atoms with Gasteiger partial charge in [-0.1, -0.05) is 23.7 Å². The number of alkyl halides is 3. The number of nitrogens with zero attached hydrogens (tertiary/aromatic N) is 4. The SMILES string of the molecule is CCOc1ncccc1-c1ccc2c(n1)C(=O)N(C1CNC1)CC21CCN(c2cccc(Cl)c2C(F)(F)F)CC1. The van der Waals surface area contributed by atoms with Gasteiger partial charge in [0.25, 0.3) is 5.91 Å². The van der Waals surface area contributed by atoms with Crippen LogP contribution in [-0.2, 0) is 11.6 Å². The third kappa shape index (κ3) is 4.56. The number of hydrogen-bond donors (Lipinski definition) is 1. The zero-order valence-corrected chi connectivity index (χ0v) is 22.7. The lowest BCUT2D eigenvalue weighted by Crippen LogP contribution is -2.64. The predicted octanol–water partition coefficient (Wildman–Crippen LogP) is 5.18. The van der Waals surface area contributed by atoms with Crippen LogP contribution in [0.2, 0.25) is 5.02 Å². The molecule has 3 aliphatic heterocycles. The van der Waals surface area contributed by atoms with Crippen LogP contribution < -0.4 is 15.0 Å². The first kappa shape index (κ1) is 26.8. The highest BCUT2D eigenvalue weighted by Crippen LogP contribution is 2.46. The summed E-state index contributed by atoms with van der Waals surface area (Å²) in [4.78, 5) is 26.7. The van der Waals surface area contributed by atoms with Crippen LogP contribution in [0.1, 0.15) is 41.4 Å². The van der Waals surface area contributed by atoms with E-state index in [0.717, 1.165) is 5.56 Å².